The first-order valence-electron chi connectivity index (χ1n) is 12.1. The molecule has 2 N–H and O–H groups in total. The molecule has 0 saturated heterocycles. The molecule has 1 unspecified atom stereocenters. The highest BCUT2D eigenvalue weighted by atomic mass is 35.5. The number of halogens is 2. The largest absolute Gasteiger partial charge is 0.494 e. The molecule has 0 fully saturated rings. The molecule has 0 bridgehead atoms. The van der Waals surface area contributed by atoms with E-state index in [0.717, 1.165) is 24.3 Å². The number of alkyl halides is 2. The van der Waals surface area contributed by atoms with Crippen LogP contribution in [0.15, 0.2) is 24.3 Å². The molecule has 0 saturated carbocycles. The number of nitrogens with two attached hydrogens (primary N) is 1. The number of ether oxygens (including phenoxy) is 3. The zero-order chi connectivity index (χ0) is 27.0. The molecule has 9 nitrogen and oxygen atoms in total. The SMILES string of the molecule is CN(CCCOc1cccc(COCCOP(N)(=O)N(CCCl)CCCl)c1)CCC(=O)OC(C)(C)C. The van der Waals surface area contributed by atoms with Gasteiger partial charge in [0.05, 0.1) is 32.8 Å². The summed E-state index contributed by atoms with van der Waals surface area (Å²) in [5.41, 5.74) is 6.31. The van der Waals surface area contributed by atoms with Crippen LogP contribution in [0.3, 0.4) is 0 Å². The van der Waals surface area contributed by atoms with E-state index in [1.54, 1.807) is 0 Å². The molecule has 208 valence electrons. The minimum atomic E-state index is -3.46. The molecule has 0 aliphatic rings. The van der Waals surface area contributed by atoms with Crippen LogP contribution in [0.5, 0.6) is 5.75 Å². The van der Waals surface area contributed by atoms with E-state index in [4.69, 9.17) is 47.4 Å². The molecule has 1 aromatic carbocycles. The van der Waals surface area contributed by atoms with Crippen molar-refractivity contribution in [1.29, 1.82) is 0 Å². The van der Waals surface area contributed by atoms with Crippen LogP contribution >= 0.6 is 30.9 Å². The number of rotatable bonds is 19. The average Bonchev–Trinajstić information content (AvgIpc) is 2.79. The predicted molar refractivity (Wildman–Crippen MR) is 145 cm³/mol. The monoisotopic (exact) mass is 569 g/mol. The third kappa shape index (κ3) is 15.4. The summed E-state index contributed by atoms with van der Waals surface area (Å²) in [6.45, 7) is 8.95. The van der Waals surface area contributed by atoms with Gasteiger partial charge in [-0.1, -0.05) is 12.1 Å². The average molecular weight is 570 g/mol. The lowest BCUT2D eigenvalue weighted by Gasteiger charge is -2.26. The van der Waals surface area contributed by atoms with Gasteiger partial charge in [-0.3, -0.25) is 9.36 Å². The molecule has 1 aromatic rings. The summed E-state index contributed by atoms with van der Waals surface area (Å²) in [5, 5.41) is 0. The molecule has 36 heavy (non-hydrogen) atoms. The number of hydrogen-bond donors (Lipinski definition) is 1. The molecule has 0 radical (unpaired) electrons. The van der Waals surface area contributed by atoms with Crippen molar-refractivity contribution in [3.63, 3.8) is 0 Å². The fraction of sp³-hybridized carbons (Fsp3) is 0.708. The van der Waals surface area contributed by atoms with E-state index >= 15 is 0 Å². The smallest absolute Gasteiger partial charge is 0.340 e. The van der Waals surface area contributed by atoms with Crippen molar-refractivity contribution in [2.75, 3.05) is 64.8 Å². The van der Waals surface area contributed by atoms with Gasteiger partial charge < -0.3 is 23.6 Å². The molecular formula is C24H42Cl2N3O6P. The van der Waals surface area contributed by atoms with Crippen LogP contribution in [-0.2, 0) is 30.0 Å². The Morgan fingerprint density at radius 2 is 1.75 bits per heavy atom. The normalized spacial score (nSPS) is 13.7. The van der Waals surface area contributed by atoms with Crippen molar-refractivity contribution in [1.82, 2.24) is 9.57 Å². The maximum absolute atomic E-state index is 12.5. The van der Waals surface area contributed by atoms with Gasteiger partial charge in [0.25, 0.3) is 0 Å². The lowest BCUT2D eigenvalue weighted by atomic mass is 10.2. The van der Waals surface area contributed by atoms with Crippen molar-refractivity contribution in [3.8, 4) is 5.75 Å². The Morgan fingerprint density at radius 3 is 2.39 bits per heavy atom. The highest BCUT2D eigenvalue weighted by Crippen LogP contribution is 2.41. The van der Waals surface area contributed by atoms with Crippen molar-refractivity contribution < 1.29 is 28.1 Å². The summed E-state index contributed by atoms with van der Waals surface area (Å²) in [5.74, 6) is 1.13. The van der Waals surface area contributed by atoms with Gasteiger partial charge in [0.1, 0.15) is 11.4 Å². The fourth-order valence-corrected chi connectivity index (χ4v) is 5.02. The first-order valence-corrected chi connectivity index (χ1v) is 14.8. The summed E-state index contributed by atoms with van der Waals surface area (Å²) in [6.07, 6.45) is 1.19. The fourth-order valence-electron chi connectivity index (χ4n) is 3.12. The van der Waals surface area contributed by atoms with Gasteiger partial charge in [-0.15, -0.1) is 23.2 Å². The second-order valence-corrected chi connectivity index (χ2v) is 12.0. The third-order valence-electron chi connectivity index (χ3n) is 4.82. The minimum Gasteiger partial charge on any atom is -0.494 e. The third-order valence-corrected chi connectivity index (χ3v) is 6.90. The van der Waals surface area contributed by atoms with E-state index in [-0.39, 0.29) is 30.9 Å². The quantitative estimate of drug-likeness (QED) is 0.111. The molecule has 12 heteroatoms. The minimum absolute atomic E-state index is 0.0898. The van der Waals surface area contributed by atoms with Crippen LogP contribution in [0.25, 0.3) is 0 Å². The van der Waals surface area contributed by atoms with Crippen molar-refractivity contribution in [2.24, 2.45) is 5.50 Å². The zero-order valence-corrected chi connectivity index (χ0v) is 24.3. The predicted octanol–water partition coefficient (Wildman–Crippen LogP) is 4.50. The molecule has 0 amide bonds. The van der Waals surface area contributed by atoms with E-state index in [0.29, 0.717) is 39.3 Å². The number of carbonyl (C=O) groups is 1. The summed E-state index contributed by atoms with van der Waals surface area (Å²) in [6, 6.07) is 7.66. The highest BCUT2D eigenvalue weighted by Gasteiger charge is 2.26. The zero-order valence-electron chi connectivity index (χ0n) is 21.9. The number of esters is 1. The highest BCUT2D eigenvalue weighted by molar-refractivity contribution is 7.53. The Labute approximate surface area is 226 Å². The Morgan fingerprint density at radius 1 is 1.06 bits per heavy atom. The number of nitrogens with zero attached hydrogens (tertiary/aromatic N) is 2. The number of hydrogen-bond acceptors (Lipinski definition) is 7. The molecule has 0 aromatic heterocycles. The van der Waals surface area contributed by atoms with Crippen LogP contribution in [0.4, 0.5) is 0 Å². The molecular weight excluding hydrogens is 528 g/mol. The van der Waals surface area contributed by atoms with E-state index in [1.807, 2.05) is 52.1 Å². The Balaban J connectivity index is 2.27. The van der Waals surface area contributed by atoms with Gasteiger partial charge in [0, 0.05) is 37.9 Å². The number of carbonyl (C=O) groups excluding carboxylic acids is 1. The van der Waals surface area contributed by atoms with Crippen LogP contribution in [-0.4, -0.2) is 85.9 Å². The van der Waals surface area contributed by atoms with Gasteiger partial charge in [-0.2, -0.15) is 0 Å². The van der Waals surface area contributed by atoms with Gasteiger partial charge in [0.2, 0.25) is 0 Å². The summed E-state index contributed by atoms with van der Waals surface area (Å²) < 4.78 is 36.2. The van der Waals surface area contributed by atoms with Gasteiger partial charge in [0.15, 0.2) is 0 Å². The Hall–Kier alpha value is -0.900. The van der Waals surface area contributed by atoms with E-state index in [9.17, 15) is 9.36 Å². The first kappa shape index (κ1) is 33.1. The Bertz CT molecular complexity index is 806. The van der Waals surface area contributed by atoms with Crippen molar-refractivity contribution >= 4 is 36.8 Å². The van der Waals surface area contributed by atoms with Crippen LogP contribution in [0, 0.1) is 0 Å². The van der Waals surface area contributed by atoms with Crippen molar-refractivity contribution in [2.45, 2.75) is 45.8 Å². The summed E-state index contributed by atoms with van der Waals surface area (Å²) in [4.78, 5) is 13.9. The first-order chi connectivity index (χ1) is 17.0. The standard InChI is InChI=1S/C24H42Cl2N3O6P/c1-24(2,3)35-23(30)9-13-28(4)12-6-16-33-22-8-5-7-21(19-22)20-32-17-18-34-36(27,31)29(14-10-25)15-11-26/h5,7-8,19H,6,9-18,20H2,1-4H3,(H2,27,31). The van der Waals surface area contributed by atoms with Crippen LogP contribution in [0.2, 0.25) is 0 Å². The van der Waals surface area contributed by atoms with E-state index in [2.05, 4.69) is 4.90 Å². The summed E-state index contributed by atoms with van der Waals surface area (Å²) >= 11 is 11.5. The molecule has 0 spiro atoms. The molecule has 1 rings (SSSR count). The lowest BCUT2D eigenvalue weighted by molar-refractivity contribution is -0.155. The maximum Gasteiger partial charge on any atom is 0.340 e. The Kier molecular flexibility index (Phi) is 16.2. The molecule has 1 atom stereocenters. The van der Waals surface area contributed by atoms with Crippen molar-refractivity contribution in [3.05, 3.63) is 29.8 Å². The molecule has 0 aliphatic heterocycles. The summed E-state index contributed by atoms with van der Waals surface area (Å²) in [7, 11) is -1.48. The van der Waals surface area contributed by atoms with E-state index < -0.39 is 13.3 Å². The topological polar surface area (TPSA) is 104 Å². The van der Waals surface area contributed by atoms with Gasteiger partial charge >= 0.3 is 13.6 Å². The van der Waals surface area contributed by atoms with E-state index in [1.165, 1.54) is 4.67 Å². The van der Waals surface area contributed by atoms with Crippen LogP contribution in [0.1, 0.15) is 39.2 Å². The lowest BCUT2D eigenvalue weighted by Crippen LogP contribution is -2.30. The van der Waals surface area contributed by atoms with Crippen LogP contribution < -0.4 is 10.2 Å². The maximum atomic E-state index is 12.5. The molecule has 0 heterocycles. The second-order valence-electron chi connectivity index (χ2n) is 9.27. The van der Waals surface area contributed by atoms with Gasteiger partial charge in [-0.25, -0.2) is 10.2 Å². The number of benzene rings is 1. The van der Waals surface area contributed by atoms with Gasteiger partial charge in [-0.05, 0) is 51.9 Å². The second kappa shape index (κ2) is 17.6. The molecule has 0 aliphatic carbocycles.